The number of hydrogen-bond donors (Lipinski definition) is 2. The summed E-state index contributed by atoms with van der Waals surface area (Å²) in [6, 6.07) is 6.75. The van der Waals surface area contributed by atoms with Gasteiger partial charge >= 0.3 is 6.03 Å². The molecule has 0 saturated carbocycles. The second-order valence-corrected chi connectivity index (χ2v) is 8.97. The van der Waals surface area contributed by atoms with Crippen molar-refractivity contribution < 1.29 is 9.59 Å². The molecule has 0 radical (unpaired) electrons. The Balaban J connectivity index is 1.54. The lowest BCUT2D eigenvalue weighted by Crippen LogP contribution is -2.39. The zero-order valence-corrected chi connectivity index (χ0v) is 18.9. The summed E-state index contributed by atoms with van der Waals surface area (Å²) in [4.78, 5) is 33.6. The van der Waals surface area contributed by atoms with Gasteiger partial charge in [-0.1, -0.05) is 17.7 Å². The van der Waals surface area contributed by atoms with Crippen LogP contribution in [-0.2, 0) is 6.54 Å². The summed E-state index contributed by atoms with van der Waals surface area (Å²) in [6.45, 7) is 7.92. The zero-order valence-electron chi connectivity index (χ0n) is 17.4. The van der Waals surface area contributed by atoms with E-state index in [4.69, 9.17) is 11.6 Å². The summed E-state index contributed by atoms with van der Waals surface area (Å²) in [6.07, 6.45) is 2.47. The van der Waals surface area contributed by atoms with E-state index in [-0.39, 0.29) is 18.0 Å². The highest BCUT2D eigenvalue weighted by molar-refractivity contribution is 7.09. The van der Waals surface area contributed by atoms with Crippen molar-refractivity contribution in [2.24, 2.45) is 0 Å². The van der Waals surface area contributed by atoms with E-state index in [2.05, 4.69) is 20.5 Å². The average Bonchev–Trinajstić information content (AvgIpc) is 3.38. The second-order valence-electron chi connectivity index (χ2n) is 7.59. The minimum atomic E-state index is -0.237. The number of urea groups is 1. The Hall–Kier alpha value is -2.16. The number of carbonyl (C=O) groups is 2. The molecule has 7 nitrogen and oxygen atoms in total. The van der Waals surface area contributed by atoms with Crippen LogP contribution in [0.1, 0.15) is 42.2 Å². The molecule has 1 aliphatic heterocycles. The number of thiazole rings is 1. The maximum atomic E-state index is 12.7. The van der Waals surface area contributed by atoms with Gasteiger partial charge in [0.15, 0.2) is 0 Å². The van der Waals surface area contributed by atoms with Gasteiger partial charge in [-0.05, 0) is 58.0 Å². The summed E-state index contributed by atoms with van der Waals surface area (Å²) in [5.74, 6) is -0.170. The van der Waals surface area contributed by atoms with Crippen LogP contribution >= 0.6 is 22.9 Å². The Morgan fingerprint density at radius 3 is 2.77 bits per heavy atom. The number of amides is 3. The number of anilines is 1. The first-order valence-corrected chi connectivity index (χ1v) is 11.5. The number of halogens is 1. The topological polar surface area (TPSA) is 77.6 Å². The van der Waals surface area contributed by atoms with Gasteiger partial charge < -0.3 is 20.4 Å². The third-order valence-electron chi connectivity index (χ3n) is 4.96. The van der Waals surface area contributed by atoms with E-state index < -0.39 is 0 Å². The predicted octanol–water partition coefficient (Wildman–Crippen LogP) is 4.06. The van der Waals surface area contributed by atoms with Crippen molar-refractivity contribution in [3.63, 3.8) is 0 Å². The van der Waals surface area contributed by atoms with Crippen molar-refractivity contribution in [1.82, 2.24) is 20.1 Å². The number of carbonyl (C=O) groups excluding carboxylic acids is 2. The van der Waals surface area contributed by atoms with Crippen molar-refractivity contribution in [2.75, 3.05) is 31.5 Å². The molecule has 0 unspecified atom stereocenters. The third kappa shape index (κ3) is 6.42. The van der Waals surface area contributed by atoms with Crippen LogP contribution in [0.15, 0.2) is 29.6 Å². The molecule has 1 aliphatic rings. The van der Waals surface area contributed by atoms with Gasteiger partial charge in [-0.15, -0.1) is 11.3 Å². The standard InChI is InChI=1S/C21H28ClN5O2S/c1-15(2)27(21(29)24-17-7-5-6-16(22)12-17)13-19-25-18(14-30-19)20(28)23-8-11-26-9-3-4-10-26/h5-7,12,14-15H,3-4,8-11,13H2,1-2H3,(H,23,28)(H,24,29). The first-order valence-electron chi connectivity index (χ1n) is 10.2. The SMILES string of the molecule is CC(C)N(Cc1nc(C(=O)NCCN2CCCC2)cs1)C(=O)Nc1cccc(Cl)c1. The number of nitrogens with one attached hydrogen (secondary N) is 2. The fraction of sp³-hybridized carbons (Fsp3) is 0.476. The van der Waals surface area contributed by atoms with Crippen LogP contribution in [0.4, 0.5) is 10.5 Å². The Kier molecular flexibility index (Phi) is 8.07. The van der Waals surface area contributed by atoms with Gasteiger partial charge in [-0.25, -0.2) is 9.78 Å². The highest BCUT2D eigenvalue weighted by atomic mass is 35.5. The molecule has 3 rings (SSSR count). The number of benzene rings is 1. The minimum Gasteiger partial charge on any atom is -0.349 e. The van der Waals surface area contributed by atoms with Crippen LogP contribution in [0.5, 0.6) is 0 Å². The number of rotatable bonds is 8. The first kappa shape index (κ1) is 22.5. The van der Waals surface area contributed by atoms with Crippen molar-refractivity contribution in [2.45, 2.75) is 39.3 Å². The van der Waals surface area contributed by atoms with Crippen LogP contribution in [0, 0.1) is 0 Å². The number of hydrogen-bond acceptors (Lipinski definition) is 5. The Morgan fingerprint density at radius 1 is 1.30 bits per heavy atom. The lowest BCUT2D eigenvalue weighted by Gasteiger charge is -2.26. The zero-order chi connectivity index (χ0) is 21.5. The maximum Gasteiger partial charge on any atom is 0.322 e. The van der Waals surface area contributed by atoms with Gasteiger partial charge in [0, 0.05) is 35.2 Å². The molecule has 2 aromatic rings. The molecule has 30 heavy (non-hydrogen) atoms. The minimum absolute atomic E-state index is 0.0363. The Morgan fingerprint density at radius 2 is 2.07 bits per heavy atom. The van der Waals surface area contributed by atoms with Crippen molar-refractivity contribution in [1.29, 1.82) is 0 Å². The fourth-order valence-corrected chi connectivity index (χ4v) is 4.27. The highest BCUT2D eigenvalue weighted by Crippen LogP contribution is 2.18. The molecular weight excluding hydrogens is 422 g/mol. The van der Waals surface area contributed by atoms with E-state index in [9.17, 15) is 9.59 Å². The Bertz CT molecular complexity index is 867. The smallest absolute Gasteiger partial charge is 0.322 e. The average molecular weight is 450 g/mol. The van der Waals surface area contributed by atoms with E-state index in [1.54, 1.807) is 34.5 Å². The lowest BCUT2D eigenvalue weighted by atomic mass is 10.3. The summed E-state index contributed by atoms with van der Waals surface area (Å²) in [5.41, 5.74) is 1.03. The molecular formula is C21H28ClN5O2S. The quantitative estimate of drug-likeness (QED) is 0.637. The molecule has 162 valence electrons. The first-order chi connectivity index (χ1) is 14.4. The molecule has 0 aliphatic carbocycles. The number of aromatic nitrogens is 1. The summed E-state index contributed by atoms with van der Waals surface area (Å²) >= 11 is 7.38. The molecule has 9 heteroatoms. The lowest BCUT2D eigenvalue weighted by molar-refractivity contribution is 0.0945. The highest BCUT2D eigenvalue weighted by Gasteiger charge is 2.20. The molecule has 1 aromatic carbocycles. The molecule has 0 atom stereocenters. The number of nitrogens with zero attached hydrogens (tertiary/aromatic N) is 3. The molecule has 2 N–H and O–H groups in total. The van der Waals surface area contributed by atoms with E-state index in [1.807, 2.05) is 13.8 Å². The largest absolute Gasteiger partial charge is 0.349 e. The van der Waals surface area contributed by atoms with E-state index in [1.165, 1.54) is 24.2 Å². The third-order valence-corrected chi connectivity index (χ3v) is 6.03. The molecule has 2 heterocycles. The van der Waals surface area contributed by atoms with Gasteiger partial charge in [0.2, 0.25) is 0 Å². The van der Waals surface area contributed by atoms with Crippen LogP contribution in [0.2, 0.25) is 5.02 Å². The van der Waals surface area contributed by atoms with Gasteiger partial charge in [-0.2, -0.15) is 0 Å². The normalized spacial score (nSPS) is 14.1. The van der Waals surface area contributed by atoms with Crippen LogP contribution < -0.4 is 10.6 Å². The summed E-state index contributed by atoms with van der Waals surface area (Å²) in [5, 5.41) is 8.82. The van der Waals surface area contributed by atoms with Crippen LogP contribution in [0.25, 0.3) is 0 Å². The second kappa shape index (κ2) is 10.7. The van der Waals surface area contributed by atoms with E-state index in [0.717, 1.165) is 24.6 Å². The molecule has 0 spiro atoms. The Labute approximate surface area is 186 Å². The van der Waals surface area contributed by atoms with E-state index >= 15 is 0 Å². The fourth-order valence-electron chi connectivity index (χ4n) is 3.31. The monoisotopic (exact) mass is 449 g/mol. The predicted molar refractivity (Wildman–Crippen MR) is 121 cm³/mol. The van der Waals surface area contributed by atoms with Crippen molar-refractivity contribution in [3.8, 4) is 0 Å². The van der Waals surface area contributed by atoms with Crippen molar-refractivity contribution >= 4 is 40.6 Å². The van der Waals surface area contributed by atoms with Crippen LogP contribution in [-0.4, -0.2) is 58.9 Å². The number of likely N-dealkylation sites (tertiary alicyclic amines) is 1. The summed E-state index contributed by atoms with van der Waals surface area (Å²) in [7, 11) is 0. The molecule has 1 fully saturated rings. The molecule has 1 aromatic heterocycles. The van der Waals surface area contributed by atoms with Crippen molar-refractivity contribution in [3.05, 3.63) is 45.4 Å². The van der Waals surface area contributed by atoms with Crippen LogP contribution in [0.3, 0.4) is 0 Å². The van der Waals surface area contributed by atoms with Gasteiger partial charge in [0.05, 0.1) is 6.54 Å². The summed E-state index contributed by atoms with van der Waals surface area (Å²) < 4.78 is 0. The van der Waals surface area contributed by atoms with Gasteiger partial charge in [0.25, 0.3) is 5.91 Å². The van der Waals surface area contributed by atoms with E-state index in [0.29, 0.717) is 29.5 Å². The molecule has 3 amide bonds. The van der Waals surface area contributed by atoms with Gasteiger partial charge in [-0.3, -0.25) is 4.79 Å². The van der Waals surface area contributed by atoms with Gasteiger partial charge in [0.1, 0.15) is 10.7 Å². The maximum absolute atomic E-state index is 12.7. The molecule has 1 saturated heterocycles. The molecule has 0 bridgehead atoms.